The first-order valence-electron chi connectivity index (χ1n) is 4.78. The third kappa shape index (κ3) is 1.99. The number of benzene rings is 1. The number of nitrogens with two attached hydrogens (primary N) is 1. The molecule has 0 fully saturated rings. The molecular formula is C12H8F2N2S. The summed E-state index contributed by atoms with van der Waals surface area (Å²) in [5.41, 5.74) is 6.53. The molecule has 2 rings (SSSR count). The van der Waals surface area contributed by atoms with E-state index in [2.05, 4.69) is 0 Å². The van der Waals surface area contributed by atoms with E-state index in [1.807, 2.05) is 6.07 Å². The van der Waals surface area contributed by atoms with E-state index in [1.54, 1.807) is 6.92 Å². The third-order valence-electron chi connectivity index (χ3n) is 2.38. The maximum absolute atomic E-state index is 13.6. The predicted molar refractivity (Wildman–Crippen MR) is 63.5 cm³/mol. The maximum Gasteiger partial charge on any atom is 0.134 e. The van der Waals surface area contributed by atoms with Gasteiger partial charge >= 0.3 is 0 Å². The largest absolute Gasteiger partial charge is 0.397 e. The molecule has 0 saturated heterocycles. The number of nitriles is 1. The van der Waals surface area contributed by atoms with Crippen molar-refractivity contribution in [3.05, 3.63) is 40.3 Å². The maximum atomic E-state index is 13.6. The summed E-state index contributed by atoms with van der Waals surface area (Å²) in [6.07, 6.45) is 0. The van der Waals surface area contributed by atoms with Crippen LogP contribution in [0.4, 0.5) is 14.5 Å². The van der Waals surface area contributed by atoms with Gasteiger partial charge in [-0.3, -0.25) is 0 Å². The Bertz CT molecular complexity index is 626. The second-order valence-corrected chi connectivity index (χ2v) is 4.64. The molecule has 5 heteroatoms. The van der Waals surface area contributed by atoms with Gasteiger partial charge in [0.05, 0.1) is 5.69 Å². The van der Waals surface area contributed by atoms with Crippen LogP contribution in [-0.2, 0) is 0 Å². The predicted octanol–water partition coefficient (Wildman–Crippen LogP) is 3.46. The van der Waals surface area contributed by atoms with Gasteiger partial charge in [-0.05, 0) is 24.6 Å². The number of nitrogens with zero attached hydrogens (tertiary/aromatic N) is 1. The minimum Gasteiger partial charge on any atom is -0.397 e. The van der Waals surface area contributed by atoms with Gasteiger partial charge < -0.3 is 5.73 Å². The van der Waals surface area contributed by atoms with Gasteiger partial charge in [0.15, 0.2) is 0 Å². The van der Waals surface area contributed by atoms with Crippen LogP contribution in [0.3, 0.4) is 0 Å². The van der Waals surface area contributed by atoms with E-state index in [1.165, 1.54) is 12.1 Å². The number of rotatable bonds is 1. The van der Waals surface area contributed by atoms with Crippen LogP contribution >= 0.6 is 11.3 Å². The Balaban J connectivity index is 2.61. The average molecular weight is 250 g/mol. The molecule has 2 aromatic rings. The van der Waals surface area contributed by atoms with Crippen molar-refractivity contribution in [2.45, 2.75) is 6.92 Å². The van der Waals surface area contributed by atoms with E-state index >= 15 is 0 Å². The highest BCUT2D eigenvalue weighted by Crippen LogP contribution is 2.35. The molecule has 0 radical (unpaired) electrons. The highest BCUT2D eigenvalue weighted by molar-refractivity contribution is 7.16. The SMILES string of the molecule is Cc1cc(-c2cc(N)c(C#N)s2)c(F)cc1F. The van der Waals surface area contributed by atoms with Gasteiger partial charge in [0.1, 0.15) is 22.6 Å². The van der Waals surface area contributed by atoms with Gasteiger partial charge in [-0.15, -0.1) is 11.3 Å². The monoisotopic (exact) mass is 250 g/mol. The number of nitrogen functional groups attached to an aromatic ring is 1. The number of halogens is 2. The van der Waals surface area contributed by atoms with Crippen LogP contribution in [0.5, 0.6) is 0 Å². The Kier molecular flexibility index (Phi) is 2.82. The van der Waals surface area contributed by atoms with Gasteiger partial charge in [-0.2, -0.15) is 5.26 Å². The van der Waals surface area contributed by atoms with Crippen LogP contribution in [0.25, 0.3) is 10.4 Å². The van der Waals surface area contributed by atoms with Gasteiger partial charge in [0.25, 0.3) is 0 Å². The molecule has 0 unspecified atom stereocenters. The Hall–Kier alpha value is -1.93. The molecule has 0 saturated carbocycles. The first kappa shape index (κ1) is 11.6. The van der Waals surface area contributed by atoms with Crippen molar-refractivity contribution in [1.29, 1.82) is 5.26 Å². The molecule has 0 aliphatic rings. The lowest BCUT2D eigenvalue weighted by Crippen LogP contribution is -1.88. The lowest BCUT2D eigenvalue weighted by Gasteiger charge is -2.02. The molecular weight excluding hydrogens is 242 g/mol. The minimum atomic E-state index is -0.654. The summed E-state index contributed by atoms with van der Waals surface area (Å²) in [4.78, 5) is 0.862. The van der Waals surface area contributed by atoms with Crippen molar-refractivity contribution in [3.63, 3.8) is 0 Å². The van der Waals surface area contributed by atoms with Crippen molar-refractivity contribution in [2.24, 2.45) is 0 Å². The van der Waals surface area contributed by atoms with Crippen molar-refractivity contribution < 1.29 is 8.78 Å². The van der Waals surface area contributed by atoms with Gasteiger partial charge in [0, 0.05) is 16.5 Å². The second kappa shape index (κ2) is 4.15. The van der Waals surface area contributed by atoms with Crippen LogP contribution in [-0.4, -0.2) is 0 Å². The summed E-state index contributed by atoms with van der Waals surface area (Å²) in [6.45, 7) is 1.56. The topological polar surface area (TPSA) is 49.8 Å². The summed E-state index contributed by atoms with van der Waals surface area (Å²) in [7, 11) is 0. The zero-order valence-electron chi connectivity index (χ0n) is 8.92. The first-order valence-corrected chi connectivity index (χ1v) is 5.60. The fourth-order valence-corrected chi connectivity index (χ4v) is 2.37. The molecule has 2 nitrogen and oxygen atoms in total. The Labute approximate surface area is 101 Å². The van der Waals surface area contributed by atoms with Crippen molar-refractivity contribution in [3.8, 4) is 16.5 Å². The van der Waals surface area contributed by atoms with E-state index in [9.17, 15) is 8.78 Å². The molecule has 0 aliphatic carbocycles. The van der Waals surface area contributed by atoms with Crippen molar-refractivity contribution in [1.82, 2.24) is 0 Å². The average Bonchev–Trinajstić information content (AvgIpc) is 2.65. The number of hydrogen-bond acceptors (Lipinski definition) is 3. The molecule has 0 atom stereocenters. The number of thiophene rings is 1. The van der Waals surface area contributed by atoms with E-state index < -0.39 is 11.6 Å². The Morgan fingerprint density at radius 1 is 1.24 bits per heavy atom. The lowest BCUT2D eigenvalue weighted by atomic mass is 10.1. The molecule has 1 aromatic carbocycles. The molecule has 1 aromatic heterocycles. The summed E-state index contributed by atoms with van der Waals surface area (Å²) < 4.78 is 26.7. The molecule has 0 amide bonds. The highest BCUT2D eigenvalue weighted by atomic mass is 32.1. The summed E-state index contributed by atoms with van der Waals surface area (Å²) in [5.74, 6) is -1.24. The minimum absolute atomic E-state index is 0.266. The molecule has 0 bridgehead atoms. The fraction of sp³-hybridized carbons (Fsp3) is 0.0833. The van der Waals surface area contributed by atoms with Gasteiger partial charge in [-0.1, -0.05) is 0 Å². The van der Waals surface area contributed by atoms with Crippen molar-refractivity contribution in [2.75, 3.05) is 5.73 Å². The Morgan fingerprint density at radius 3 is 2.53 bits per heavy atom. The summed E-state index contributed by atoms with van der Waals surface area (Å²) in [5, 5.41) is 8.77. The highest BCUT2D eigenvalue weighted by Gasteiger charge is 2.13. The molecule has 2 N–H and O–H groups in total. The van der Waals surface area contributed by atoms with E-state index in [0.717, 1.165) is 17.4 Å². The fourth-order valence-electron chi connectivity index (χ4n) is 1.47. The van der Waals surface area contributed by atoms with E-state index in [4.69, 9.17) is 11.0 Å². The third-order valence-corrected chi connectivity index (χ3v) is 3.46. The molecule has 86 valence electrons. The van der Waals surface area contributed by atoms with Gasteiger partial charge in [-0.25, -0.2) is 8.78 Å². The van der Waals surface area contributed by atoms with Crippen molar-refractivity contribution >= 4 is 17.0 Å². The van der Waals surface area contributed by atoms with E-state index in [-0.39, 0.29) is 5.56 Å². The Morgan fingerprint density at radius 2 is 1.94 bits per heavy atom. The smallest absolute Gasteiger partial charge is 0.134 e. The van der Waals surface area contributed by atoms with Crippen LogP contribution in [0, 0.1) is 29.9 Å². The molecule has 17 heavy (non-hydrogen) atoms. The summed E-state index contributed by atoms with van der Waals surface area (Å²) in [6, 6.07) is 5.71. The zero-order valence-corrected chi connectivity index (χ0v) is 9.74. The van der Waals surface area contributed by atoms with Crippen LogP contribution < -0.4 is 5.73 Å². The normalized spacial score (nSPS) is 10.2. The molecule has 0 spiro atoms. The second-order valence-electron chi connectivity index (χ2n) is 3.59. The quantitative estimate of drug-likeness (QED) is 0.842. The van der Waals surface area contributed by atoms with Crippen LogP contribution in [0.2, 0.25) is 0 Å². The standard InChI is InChI=1S/C12H8F2N2S/c1-6-2-7(9(14)3-8(6)13)11-4-10(16)12(5-15)17-11/h2-4H,16H2,1H3. The molecule has 0 aliphatic heterocycles. The number of anilines is 1. The number of hydrogen-bond donors (Lipinski definition) is 1. The van der Waals surface area contributed by atoms with E-state index in [0.29, 0.717) is 21.0 Å². The van der Waals surface area contributed by atoms with Crippen LogP contribution in [0.1, 0.15) is 10.4 Å². The van der Waals surface area contributed by atoms with Gasteiger partial charge in [0.2, 0.25) is 0 Å². The number of aryl methyl sites for hydroxylation is 1. The zero-order chi connectivity index (χ0) is 12.6. The lowest BCUT2D eigenvalue weighted by molar-refractivity contribution is 0.580. The summed E-state index contributed by atoms with van der Waals surface area (Å²) >= 11 is 1.09. The van der Waals surface area contributed by atoms with Crippen LogP contribution in [0.15, 0.2) is 18.2 Å². The first-order chi connectivity index (χ1) is 8.02. The molecule has 1 heterocycles.